The Labute approximate surface area is 285 Å². The lowest BCUT2D eigenvalue weighted by Crippen LogP contribution is -2.18. The summed E-state index contributed by atoms with van der Waals surface area (Å²) in [5, 5.41) is 11.6. The minimum absolute atomic E-state index is 0.0700. The average molecular weight is 658 g/mol. The molecule has 5 aromatic heterocycles. The summed E-state index contributed by atoms with van der Waals surface area (Å²) in [6, 6.07) is 41.0. The zero-order valence-electron chi connectivity index (χ0n) is 27.0. The van der Waals surface area contributed by atoms with Crippen LogP contribution in [-0.4, -0.2) is 34.0 Å². The molecule has 0 aliphatic rings. The van der Waals surface area contributed by atoms with Gasteiger partial charge in [-0.3, -0.25) is 0 Å². The number of hydrogen-bond acceptors (Lipinski definition) is 5. The fourth-order valence-corrected chi connectivity index (χ4v) is 8.58. The van der Waals surface area contributed by atoms with Crippen molar-refractivity contribution in [3.8, 4) is 21.9 Å². The van der Waals surface area contributed by atoms with Gasteiger partial charge in [-0.2, -0.15) is 5.10 Å². The Morgan fingerprint density at radius 2 is 1.45 bits per heavy atom. The van der Waals surface area contributed by atoms with Crippen LogP contribution in [0.5, 0.6) is 5.75 Å². The van der Waals surface area contributed by atoms with E-state index >= 15 is 0 Å². The van der Waals surface area contributed by atoms with Gasteiger partial charge in [0.25, 0.3) is 0 Å². The largest absolute Gasteiger partial charge is 0.491 e. The fourth-order valence-electron chi connectivity index (χ4n) is 7.40. The first kappa shape index (κ1) is 28.4. The zero-order chi connectivity index (χ0) is 32.6. The average Bonchev–Trinajstić information content (AvgIpc) is 3.94. The molecule has 0 fully saturated rings. The van der Waals surface area contributed by atoms with Crippen molar-refractivity contribution in [1.29, 1.82) is 0 Å². The van der Waals surface area contributed by atoms with E-state index in [1.165, 1.54) is 31.3 Å². The predicted molar refractivity (Wildman–Crippen MR) is 202 cm³/mol. The molecule has 5 aromatic carbocycles. The van der Waals surface area contributed by atoms with E-state index in [-0.39, 0.29) is 6.10 Å². The second-order valence-corrected chi connectivity index (χ2v) is 13.7. The Bertz CT molecular complexity index is 2890. The topological polar surface area (TPSA) is 53.8 Å². The van der Waals surface area contributed by atoms with Gasteiger partial charge in [0.05, 0.1) is 39.1 Å². The highest BCUT2D eigenvalue weighted by atomic mass is 32.1. The molecule has 238 valence electrons. The Morgan fingerprint density at radius 3 is 2.29 bits per heavy atom. The maximum absolute atomic E-state index is 6.39. The lowest BCUT2D eigenvalue weighted by molar-refractivity contribution is 0.0556. The van der Waals surface area contributed by atoms with Crippen molar-refractivity contribution in [2.24, 2.45) is 0 Å². The number of para-hydroxylation sites is 2. The molecule has 7 heteroatoms. The lowest BCUT2D eigenvalue weighted by atomic mass is 10.1. The van der Waals surface area contributed by atoms with Crippen molar-refractivity contribution in [1.82, 2.24) is 14.2 Å². The quantitative estimate of drug-likeness (QED) is 0.171. The number of rotatable bonds is 7. The molecule has 49 heavy (non-hydrogen) atoms. The molecule has 10 rings (SSSR count). The van der Waals surface area contributed by atoms with Gasteiger partial charge in [-0.05, 0) is 90.8 Å². The maximum Gasteiger partial charge on any atom is 0.135 e. The number of pyridine rings is 1. The molecule has 0 amide bonds. The van der Waals surface area contributed by atoms with Gasteiger partial charge in [-0.15, -0.1) is 11.3 Å². The molecule has 6 nitrogen and oxygen atoms in total. The van der Waals surface area contributed by atoms with Crippen LogP contribution in [0.3, 0.4) is 0 Å². The van der Waals surface area contributed by atoms with Gasteiger partial charge in [-0.25, -0.2) is 4.52 Å². The third-order valence-electron chi connectivity index (χ3n) is 9.89. The first-order chi connectivity index (χ1) is 24.2. The van der Waals surface area contributed by atoms with Gasteiger partial charge in [0.1, 0.15) is 23.5 Å². The van der Waals surface area contributed by atoms with E-state index in [9.17, 15) is 0 Å². The first-order valence-electron chi connectivity index (χ1n) is 16.6. The van der Waals surface area contributed by atoms with Gasteiger partial charge in [0.2, 0.25) is 0 Å². The van der Waals surface area contributed by atoms with E-state index < -0.39 is 0 Å². The third kappa shape index (κ3) is 4.32. The summed E-state index contributed by atoms with van der Waals surface area (Å²) in [7, 11) is 1.74. The summed E-state index contributed by atoms with van der Waals surface area (Å²) in [5.41, 5.74) is 8.54. The highest BCUT2D eigenvalue weighted by Gasteiger charge is 2.18. The van der Waals surface area contributed by atoms with Gasteiger partial charge < -0.3 is 18.5 Å². The minimum atomic E-state index is 0.0700. The van der Waals surface area contributed by atoms with E-state index in [1.807, 2.05) is 17.5 Å². The number of furan rings is 1. The molecule has 0 saturated heterocycles. The summed E-state index contributed by atoms with van der Waals surface area (Å²) < 4.78 is 23.7. The van der Waals surface area contributed by atoms with E-state index in [4.69, 9.17) is 13.9 Å². The lowest BCUT2D eigenvalue weighted by Gasteiger charge is -2.14. The fraction of sp³-hybridized carbons (Fsp3) is 0.119. The molecule has 0 radical (unpaired) electrons. The van der Waals surface area contributed by atoms with Gasteiger partial charge in [-0.1, -0.05) is 43.3 Å². The predicted octanol–water partition coefficient (Wildman–Crippen LogP) is 11.2. The van der Waals surface area contributed by atoms with Crippen molar-refractivity contribution in [2.45, 2.75) is 19.4 Å². The number of aromatic nitrogens is 3. The van der Waals surface area contributed by atoms with Gasteiger partial charge >= 0.3 is 0 Å². The second-order valence-electron chi connectivity index (χ2n) is 12.6. The molecule has 10 aromatic rings. The monoisotopic (exact) mass is 657 g/mol. The molecule has 0 bridgehead atoms. The van der Waals surface area contributed by atoms with Crippen LogP contribution in [-0.2, 0) is 4.74 Å². The van der Waals surface area contributed by atoms with Crippen LogP contribution in [0.25, 0.3) is 86.4 Å². The summed E-state index contributed by atoms with van der Waals surface area (Å²) in [6.07, 6.45) is 2.86. The molecule has 0 spiro atoms. The number of fused-ring (bicyclic) bond motifs is 12. The standard InChI is InChI=1S/C42H31N3O3S/c1-3-27(46-2)24-47-28-14-15-36-31(22-28)29-8-4-6-10-35(29)44(36)26-13-17-40-33(21-26)32-20-25(12-16-39(32)48-40)41-23-34-30-9-5-7-11-37(30)45-38(18-19-43-45)42(34)49-41/h4-23,27H,3,24H2,1-2H3. The molecular weight excluding hydrogens is 627 g/mol. The molecule has 1 unspecified atom stereocenters. The first-order valence-corrected chi connectivity index (χ1v) is 17.4. The van der Waals surface area contributed by atoms with E-state index in [0.717, 1.165) is 67.2 Å². The number of thiophene rings is 1. The van der Waals surface area contributed by atoms with E-state index in [0.29, 0.717) is 6.61 Å². The summed E-state index contributed by atoms with van der Waals surface area (Å²) in [6.45, 7) is 2.63. The third-order valence-corrected chi connectivity index (χ3v) is 11.1. The zero-order valence-corrected chi connectivity index (χ0v) is 27.8. The highest BCUT2D eigenvalue weighted by Crippen LogP contribution is 2.42. The van der Waals surface area contributed by atoms with Gasteiger partial charge in [0.15, 0.2) is 0 Å². The molecule has 1 atom stereocenters. The Kier molecular flexibility index (Phi) is 6.35. The van der Waals surface area contributed by atoms with Crippen LogP contribution in [0.2, 0.25) is 0 Å². The van der Waals surface area contributed by atoms with Crippen LogP contribution in [0.4, 0.5) is 0 Å². The molecule has 0 N–H and O–H groups in total. The summed E-state index contributed by atoms with van der Waals surface area (Å²) in [5.74, 6) is 0.845. The highest BCUT2D eigenvalue weighted by molar-refractivity contribution is 7.23. The number of methoxy groups -OCH3 is 1. The molecular formula is C42H31N3O3S. The van der Waals surface area contributed by atoms with Crippen LogP contribution in [0.1, 0.15) is 13.3 Å². The number of nitrogens with zero attached hydrogens (tertiary/aromatic N) is 3. The van der Waals surface area contributed by atoms with Crippen LogP contribution in [0.15, 0.2) is 126 Å². The van der Waals surface area contributed by atoms with Crippen molar-refractivity contribution in [3.63, 3.8) is 0 Å². The second kappa shape index (κ2) is 11.0. The smallest absolute Gasteiger partial charge is 0.135 e. The molecule has 0 aliphatic carbocycles. The number of ether oxygens (including phenoxy) is 2. The normalized spacial score (nSPS) is 12.9. The van der Waals surface area contributed by atoms with E-state index in [1.54, 1.807) is 7.11 Å². The number of hydrogen-bond donors (Lipinski definition) is 0. The van der Waals surface area contributed by atoms with Crippen molar-refractivity contribution < 1.29 is 13.9 Å². The van der Waals surface area contributed by atoms with Crippen LogP contribution in [0, 0.1) is 0 Å². The van der Waals surface area contributed by atoms with Crippen LogP contribution < -0.4 is 4.74 Å². The van der Waals surface area contributed by atoms with Crippen molar-refractivity contribution in [2.75, 3.05) is 13.7 Å². The Balaban J connectivity index is 1.11. The Morgan fingerprint density at radius 1 is 0.694 bits per heavy atom. The number of benzene rings is 5. The maximum atomic E-state index is 6.39. The van der Waals surface area contributed by atoms with Crippen molar-refractivity contribution in [3.05, 3.63) is 121 Å². The minimum Gasteiger partial charge on any atom is -0.491 e. The molecule has 0 saturated carbocycles. The molecule has 0 aliphatic heterocycles. The van der Waals surface area contributed by atoms with E-state index in [2.05, 4.69) is 136 Å². The van der Waals surface area contributed by atoms with Crippen molar-refractivity contribution >= 4 is 81.6 Å². The summed E-state index contributed by atoms with van der Waals surface area (Å²) >= 11 is 1.82. The molecule has 5 heterocycles. The van der Waals surface area contributed by atoms with Crippen LogP contribution >= 0.6 is 11.3 Å². The summed E-state index contributed by atoms with van der Waals surface area (Å²) in [4.78, 5) is 1.22. The SMILES string of the molecule is CCC(COc1ccc2c(c1)c1ccccc1n2-c1ccc2oc3ccc(-c4cc5c6ccccc6n6nccc6c5s4)cc3c2c1)OC. The Hall–Kier alpha value is -5.63. The van der Waals surface area contributed by atoms with Gasteiger partial charge in [0, 0.05) is 50.0 Å².